The average molecular weight is 275 g/mol. The SMILES string of the molecule is COC(=O)C1=C(C)OC(N)=C(C#N)C1c1cn(C)nn1. The van der Waals surface area contributed by atoms with Crippen LogP contribution in [0.5, 0.6) is 0 Å². The Balaban J connectivity index is 2.62. The lowest BCUT2D eigenvalue weighted by Crippen LogP contribution is -2.25. The Morgan fingerprint density at radius 2 is 2.35 bits per heavy atom. The van der Waals surface area contributed by atoms with Crippen molar-refractivity contribution in [3.63, 3.8) is 0 Å². The van der Waals surface area contributed by atoms with Crippen molar-refractivity contribution >= 4 is 5.97 Å². The van der Waals surface area contributed by atoms with Gasteiger partial charge in [-0.1, -0.05) is 5.21 Å². The molecule has 0 amide bonds. The normalized spacial score (nSPS) is 18.6. The van der Waals surface area contributed by atoms with Crippen molar-refractivity contribution in [3.05, 3.63) is 34.7 Å². The molecule has 0 radical (unpaired) electrons. The average Bonchev–Trinajstić information content (AvgIpc) is 2.83. The molecule has 0 spiro atoms. The molecule has 0 bridgehead atoms. The van der Waals surface area contributed by atoms with Gasteiger partial charge in [0.05, 0.1) is 24.3 Å². The second kappa shape index (κ2) is 5.05. The Hall–Kier alpha value is -2.82. The summed E-state index contributed by atoms with van der Waals surface area (Å²) in [5.74, 6) is -1.11. The number of nitrogens with two attached hydrogens (primary N) is 1. The van der Waals surface area contributed by atoms with Gasteiger partial charge in [-0.05, 0) is 6.92 Å². The molecular formula is C12H13N5O3. The zero-order valence-corrected chi connectivity index (χ0v) is 11.2. The maximum absolute atomic E-state index is 11.9. The van der Waals surface area contributed by atoms with Gasteiger partial charge in [-0.25, -0.2) is 4.79 Å². The minimum absolute atomic E-state index is 0.0479. The summed E-state index contributed by atoms with van der Waals surface area (Å²) in [6, 6.07) is 1.95. The molecular weight excluding hydrogens is 262 g/mol. The number of hydrogen-bond donors (Lipinski definition) is 1. The lowest BCUT2D eigenvalue weighted by Gasteiger charge is -2.24. The van der Waals surface area contributed by atoms with Crippen molar-refractivity contribution in [1.82, 2.24) is 15.0 Å². The first-order chi connectivity index (χ1) is 9.49. The maximum atomic E-state index is 11.9. The van der Waals surface area contributed by atoms with Crippen LogP contribution in [-0.4, -0.2) is 28.1 Å². The van der Waals surface area contributed by atoms with Gasteiger partial charge in [-0.3, -0.25) is 4.68 Å². The monoisotopic (exact) mass is 275 g/mol. The van der Waals surface area contributed by atoms with E-state index in [-0.39, 0.29) is 22.8 Å². The largest absolute Gasteiger partial charge is 0.466 e. The number of esters is 1. The van der Waals surface area contributed by atoms with Crippen LogP contribution in [0.1, 0.15) is 18.5 Å². The molecule has 1 aliphatic heterocycles. The van der Waals surface area contributed by atoms with E-state index in [1.807, 2.05) is 6.07 Å². The molecule has 1 aliphatic rings. The van der Waals surface area contributed by atoms with E-state index in [1.54, 1.807) is 20.2 Å². The van der Waals surface area contributed by atoms with Crippen molar-refractivity contribution < 1.29 is 14.3 Å². The third-order valence-electron chi connectivity index (χ3n) is 2.93. The predicted octanol–water partition coefficient (Wildman–Crippen LogP) is 0.0698. The summed E-state index contributed by atoms with van der Waals surface area (Å²) in [5, 5.41) is 17.0. The number of allylic oxidation sites excluding steroid dienone is 2. The van der Waals surface area contributed by atoms with Crippen LogP contribution in [0, 0.1) is 11.3 Å². The summed E-state index contributed by atoms with van der Waals surface area (Å²) in [6.45, 7) is 1.58. The van der Waals surface area contributed by atoms with Gasteiger partial charge in [0.1, 0.15) is 17.4 Å². The van der Waals surface area contributed by atoms with Gasteiger partial charge in [0.2, 0.25) is 5.88 Å². The highest BCUT2D eigenvalue weighted by molar-refractivity contribution is 5.92. The van der Waals surface area contributed by atoms with Crippen molar-refractivity contribution in [2.75, 3.05) is 7.11 Å². The molecule has 8 heteroatoms. The van der Waals surface area contributed by atoms with Crippen molar-refractivity contribution in [3.8, 4) is 6.07 Å². The molecule has 20 heavy (non-hydrogen) atoms. The molecule has 0 saturated carbocycles. The zero-order valence-electron chi connectivity index (χ0n) is 11.2. The number of nitrogens with zero attached hydrogens (tertiary/aromatic N) is 4. The standard InChI is InChI=1S/C12H13N5O3/c1-6-9(12(18)19-3)10(7(4-13)11(14)20-6)8-5-17(2)16-15-8/h5,10H,14H2,1-3H3. The lowest BCUT2D eigenvalue weighted by atomic mass is 9.86. The topological polar surface area (TPSA) is 116 Å². The van der Waals surface area contributed by atoms with Gasteiger partial charge in [-0.15, -0.1) is 5.10 Å². The third kappa shape index (κ3) is 2.09. The highest BCUT2D eigenvalue weighted by Gasteiger charge is 2.37. The van der Waals surface area contributed by atoms with E-state index in [9.17, 15) is 10.1 Å². The summed E-state index contributed by atoms with van der Waals surface area (Å²) >= 11 is 0. The van der Waals surface area contributed by atoms with E-state index >= 15 is 0 Å². The number of methoxy groups -OCH3 is 1. The lowest BCUT2D eigenvalue weighted by molar-refractivity contribution is -0.136. The molecule has 0 aliphatic carbocycles. The third-order valence-corrected chi connectivity index (χ3v) is 2.93. The minimum atomic E-state index is -0.741. The number of rotatable bonds is 2. The summed E-state index contributed by atoms with van der Waals surface area (Å²) in [6.07, 6.45) is 1.61. The van der Waals surface area contributed by atoms with E-state index in [4.69, 9.17) is 15.2 Å². The number of nitriles is 1. The minimum Gasteiger partial charge on any atom is -0.466 e. The van der Waals surface area contributed by atoms with Crippen LogP contribution in [0.4, 0.5) is 0 Å². The molecule has 0 aromatic carbocycles. The molecule has 1 unspecified atom stereocenters. The van der Waals surface area contributed by atoms with E-state index in [0.29, 0.717) is 5.69 Å². The summed E-state index contributed by atoms with van der Waals surface area (Å²) in [4.78, 5) is 11.9. The first-order valence-electron chi connectivity index (χ1n) is 5.72. The number of carbonyl (C=O) groups is 1. The van der Waals surface area contributed by atoms with Crippen molar-refractivity contribution in [1.29, 1.82) is 5.26 Å². The molecule has 1 atom stereocenters. The molecule has 8 nitrogen and oxygen atoms in total. The molecule has 2 heterocycles. The van der Waals surface area contributed by atoms with Crippen LogP contribution >= 0.6 is 0 Å². The Kier molecular flexibility index (Phi) is 3.43. The summed E-state index contributed by atoms with van der Waals surface area (Å²) in [5.41, 5.74) is 6.44. The fourth-order valence-electron chi connectivity index (χ4n) is 2.05. The summed E-state index contributed by atoms with van der Waals surface area (Å²) in [7, 11) is 2.94. The first-order valence-corrected chi connectivity index (χ1v) is 5.72. The summed E-state index contributed by atoms with van der Waals surface area (Å²) < 4.78 is 11.5. The maximum Gasteiger partial charge on any atom is 0.338 e. The number of ether oxygens (including phenoxy) is 2. The molecule has 1 aromatic rings. The Bertz CT molecular complexity index is 665. The highest BCUT2D eigenvalue weighted by Crippen LogP contribution is 2.38. The van der Waals surface area contributed by atoms with Crippen molar-refractivity contribution in [2.45, 2.75) is 12.8 Å². The fourth-order valence-corrected chi connectivity index (χ4v) is 2.05. The van der Waals surface area contributed by atoms with E-state index < -0.39 is 11.9 Å². The fraction of sp³-hybridized carbons (Fsp3) is 0.333. The van der Waals surface area contributed by atoms with Gasteiger partial charge in [0.25, 0.3) is 0 Å². The molecule has 104 valence electrons. The molecule has 2 rings (SSSR count). The number of aryl methyl sites for hydroxylation is 1. The van der Waals surface area contributed by atoms with Crippen LogP contribution in [0.3, 0.4) is 0 Å². The van der Waals surface area contributed by atoms with Crippen LogP contribution in [-0.2, 0) is 21.3 Å². The van der Waals surface area contributed by atoms with Crippen LogP contribution in [0.15, 0.2) is 29.0 Å². The Morgan fingerprint density at radius 3 is 2.85 bits per heavy atom. The highest BCUT2D eigenvalue weighted by atomic mass is 16.5. The number of carbonyl (C=O) groups excluding carboxylic acids is 1. The Morgan fingerprint density at radius 1 is 1.65 bits per heavy atom. The number of aromatic nitrogens is 3. The van der Waals surface area contributed by atoms with Crippen molar-refractivity contribution in [2.24, 2.45) is 12.8 Å². The molecule has 1 aromatic heterocycles. The second-order valence-electron chi connectivity index (χ2n) is 4.20. The van der Waals surface area contributed by atoms with Gasteiger partial charge in [0, 0.05) is 13.2 Å². The van der Waals surface area contributed by atoms with Gasteiger partial charge in [0.15, 0.2) is 0 Å². The molecule has 0 saturated heterocycles. The van der Waals surface area contributed by atoms with Crippen LogP contribution in [0.25, 0.3) is 0 Å². The zero-order chi connectivity index (χ0) is 14.9. The van der Waals surface area contributed by atoms with E-state index in [1.165, 1.54) is 11.8 Å². The second-order valence-corrected chi connectivity index (χ2v) is 4.20. The quantitative estimate of drug-likeness (QED) is 0.759. The van der Waals surface area contributed by atoms with Gasteiger partial charge < -0.3 is 15.2 Å². The van der Waals surface area contributed by atoms with E-state index in [2.05, 4.69) is 10.3 Å². The van der Waals surface area contributed by atoms with E-state index in [0.717, 1.165) is 0 Å². The first kappa shape index (κ1) is 13.6. The van der Waals surface area contributed by atoms with Crippen LogP contribution < -0.4 is 5.73 Å². The Labute approximate surface area is 115 Å². The molecule has 2 N–H and O–H groups in total. The van der Waals surface area contributed by atoms with Gasteiger partial charge >= 0.3 is 5.97 Å². The number of hydrogen-bond acceptors (Lipinski definition) is 7. The van der Waals surface area contributed by atoms with Gasteiger partial charge in [-0.2, -0.15) is 5.26 Å². The molecule has 0 fully saturated rings. The smallest absolute Gasteiger partial charge is 0.338 e. The predicted molar refractivity (Wildman–Crippen MR) is 66.4 cm³/mol. The van der Waals surface area contributed by atoms with Crippen LogP contribution in [0.2, 0.25) is 0 Å².